The van der Waals surface area contributed by atoms with Crippen molar-refractivity contribution in [2.45, 2.75) is 19.6 Å². The molecule has 1 aliphatic heterocycles. The normalized spacial score (nSPS) is 15.5. The molecule has 12 heteroatoms. The molecule has 4 heterocycles. The van der Waals surface area contributed by atoms with Crippen molar-refractivity contribution >= 4 is 28.4 Å². The molecule has 1 fully saturated rings. The van der Waals surface area contributed by atoms with Crippen molar-refractivity contribution in [1.29, 1.82) is 0 Å². The Hall–Kier alpha value is -4.35. The predicted octanol–water partition coefficient (Wildman–Crippen LogP) is 5.44. The maximum Gasteiger partial charge on any atom is 0.291 e. The minimum Gasteiger partial charge on any atom is -0.487 e. The van der Waals surface area contributed by atoms with E-state index < -0.39 is 23.6 Å². The van der Waals surface area contributed by atoms with Gasteiger partial charge < -0.3 is 18.8 Å². The van der Waals surface area contributed by atoms with E-state index in [2.05, 4.69) is 15.1 Å². The maximum absolute atomic E-state index is 14.6. The first kappa shape index (κ1) is 25.9. The molecule has 0 unspecified atom stereocenters. The van der Waals surface area contributed by atoms with Crippen molar-refractivity contribution in [3.63, 3.8) is 0 Å². The monoisotopic (exact) mass is 565 g/mol. The van der Waals surface area contributed by atoms with Crippen LogP contribution < -0.4 is 4.74 Å². The van der Waals surface area contributed by atoms with Crippen LogP contribution in [-0.4, -0.2) is 50.3 Å². The lowest BCUT2D eigenvalue weighted by Crippen LogP contribution is -2.43. The number of hydrogen-bond donors (Lipinski definition) is 0. The standard InChI is InChI=1S/C28H22ClF2N5O4/c1-16-7-23(36-12-18(31)10-33-36)19-3-2-4-25(27(19)34-16)39-13-21-20(8-17(30)9-22(21)29)24-14-38-6-5-35(24)28(37)26-11-32-15-40-26/h2-4,7-12,15,24H,5-6,13-14H2,1H3/t24-/m0/s1. The highest BCUT2D eigenvalue weighted by atomic mass is 35.5. The predicted molar refractivity (Wildman–Crippen MR) is 140 cm³/mol. The minimum atomic E-state index is -0.646. The number of aryl methyl sites for hydroxylation is 1. The van der Waals surface area contributed by atoms with Gasteiger partial charge in [0.2, 0.25) is 5.76 Å². The zero-order valence-electron chi connectivity index (χ0n) is 21.2. The Labute approximate surface area is 231 Å². The molecule has 1 amide bonds. The second-order valence-corrected chi connectivity index (χ2v) is 9.64. The van der Waals surface area contributed by atoms with E-state index in [1.807, 2.05) is 13.0 Å². The minimum absolute atomic E-state index is 0.0459. The summed E-state index contributed by atoms with van der Waals surface area (Å²) in [4.78, 5) is 23.2. The van der Waals surface area contributed by atoms with Crippen LogP contribution in [0.15, 0.2) is 65.8 Å². The summed E-state index contributed by atoms with van der Waals surface area (Å²) in [6, 6.07) is 9.07. The number of benzene rings is 2. The molecule has 1 atom stereocenters. The van der Waals surface area contributed by atoms with E-state index in [-0.39, 0.29) is 30.5 Å². The van der Waals surface area contributed by atoms with E-state index in [0.717, 1.165) is 6.20 Å². The van der Waals surface area contributed by atoms with Crippen LogP contribution in [0.25, 0.3) is 16.6 Å². The summed E-state index contributed by atoms with van der Waals surface area (Å²) in [6.45, 7) is 2.48. The van der Waals surface area contributed by atoms with Gasteiger partial charge in [-0.2, -0.15) is 5.10 Å². The van der Waals surface area contributed by atoms with E-state index in [1.54, 1.807) is 23.1 Å². The van der Waals surface area contributed by atoms with E-state index in [1.165, 1.54) is 35.6 Å². The molecule has 9 nitrogen and oxygen atoms in total. The molecule has 0 saturated carbocycles. The largest absolute Gasteiger partial charge is 0.487 e. The van der Waals surface area contributed by atoms with Crippen molar-refractivity contribution in [3.05, 3.63) is 101 Å². The number of hydrogen-bond acceptors (Lipinski definition) is 7. The van der Waals surface area contributed by atoms with Crippen LogP contribution in [0, 0.1) is 18.6 Å². The average molecular weight is 566 g/mol. The van der Waals surface area contributed by atoms with Gasteiger partial charge in [-0.1, -0.05) is 23.7 Å². The summed E-state index contributed by atoms with van der Waals surface area (Å²) >= 11 is 6.54. The number of carbonyl (C=O) groups excluding carboxylic acids is 1. The summed E-state index contributed by atoms with van der Waals surface area (Å²) in [5.74, 6) is -0.904. The number of halogens is 3. The third kappa shape index (κ3) is 4.89. The first-order valence-corrected chi connectivity index (χ1v) is 12.8. The van der Waals surface area contributed by atoms with E-state index in [0.29, 0.717) is 45.8 Å². The van der Waals surface area contributed by atoms with Gasteiger partial charge in [-0.25, -0.2) is 23.4 Å². The molecule has 1 aliphatic rings. The Morgan fingerprint density at radius 1 is 1.20 bits per heavy atom. The smallest absolute Gasteiger partial charge is 0.291 e. The van der Waals surface area contributed by atoms with Gasteiger partial charge in [-0.05, 0) is 36.8 Å². The molecular weight excluding hydrogens is 544 g/mol. The third-order valence-electron chi connectivity index (χ3n) is 6.66. The van der Waals surface area contributed by atoms with E-state index in [9.17, 15) is 13.6 Å². The number of oxazole rings is 1. The number of amides is 1. The topological polar surface area (TPSA) is 95.5 Å². The molecule has 2 aromatic carbocycles. The van der Waals surface area contributed by atoms with Gasteiger partial charge >= 0.3 is 0 Å². The number of fused-ring (bicyclic) bond motifs is 1. The lowest BCUT2D eigenvalue weighted by Gasteiger charge is -2.36. The van der Waals surface area contributed by atoms with Gasteiger partial charge in [0, 0.05) is 23.2 Å². The molecule has 1 saturated heterocycles. The molecule has 0 radical (unpaired) electrons. The molecule has 204 valence electrons. The fourth-order valence-electron chi connectivity index (χ4n) is 4.86. The molecule has 3 aromatic heterocycles. The van der Waals surface area contributed by atoms with Crippen LogP contribution in [0.4, 0.5) is 8.78 Å². The lowest BCUT2D eigenvalue weighted by molar-refractivity contribution is -0.00477. The Balaban J connectivity index is 1.36. The number of nitrogens with zero attached hydrogens (tertiary/aromatic N) is 5. The van der Waals surface area contributed by atoms with Crippen molar-refractivity contribution in [1.82, 2.24) is 24.6 Å². The summed E-state index contributed by atoms with van der Waals surface area (Å²) in [6.07, 6.45) is 4.92. The average Bonchev–Trinajstić information content (AvgIpc) is 3.64. The molecule has 0 bridgehead atoms. The van der Waals surface area contributed by atoms with Crippen molar-refractivity contribution < 1.29 is 27.5 Å². The fraction of sp³-hybridized carbons (Fsp3) is 0.214. The van der Waals surface area contributed by atoms with Crippen molar-refractivity contribution in [2.75, 3.05) is 19.8 Å². The van der Waals surface area contributed by atoms with Crippen LogP contribution >= 0.6 is 11.6 Å². The van der Waals surface area contributed by atoms with Gasteiger partial charge in [-0.3, -0.25) is 4.79 Å². The van der Waals surface area contributed by atoms with Crippen LogP contribution in [-0.2, 0) is 11.3 Å². The zero-order chi connectivity index (χ0) is 27.8. The summed E-state index contributed by atoms with van der Waals surface area (Å²) in [5.41, 5.74) is 2.80. The molecular formula is C28H22ClF2N5O4. The van der Waals surface area contributed by atoms with Crippen molar-refractivity contribution in [3.8, 4) is 11.4 Å². The van der Waals surface area contributed by atoms with Gasteiger partial charge in [0.1, 0.15) is 23.7 Å². The number of rotatable bonds is 6. The Morgan fingerprint density at radius 3 is 2.85 bits per heavy atom. The third-order valence-corrected chi connectivity index (χ3v) is 7.00. The van der Waals surface area contributed by atoms with Crippen LogP contribution in [0.5, 0.6) is 5.75 Å². The molecule has 0 spiro atoms. The summed E-state index contributed by atoms with van der Waals surface area (Å²) < 4.78 is 46.9. The summed E-state index contributed by atoms with van der Waals surface area (Å²) in [7, 11) is 0. The van der Waals surface area contributed by atoms with Crippen LogP contribution in [0.3, 0.4) is 0 Å². The molecule has 5 aromatic rings. The highest BCUT2D eigenvalue weighted by Gasteiger charge is 2.33. The van der Waals surface area contributed by atoms with Gasteiger partial charge in [-0.15, -0.1) is 0 Å². The Bertz CT molecular complexity index is 1710. The highest BCUT2D eigenvalue weighted by molar-refractivity contribution is 6.31. The van der Waals surface area contributed by atoms with Crippen LogP contribution in [0.1, 0.15) is 33.4 Å². The fourth-order valence-corrected chi connectivity index (χ4v) is 5.13. The molecule has 0 N–H and O–H groups in total. The number of morpholine rings is 1. The number of aromatic nitrogens is 4. The SMILES string of the molecule is Cc1cc(-n2cc(F)cn2)c2cccc(OCc3c(Cl)cc(F)cc3[C@@H]3COCCN3C(=O)c3cnco3)c2n1. The second-order valence-electron chi connectivity index (χ2n) is 9.24. The number of carbonyl (C=O) groups is 1. The maximum atomic E-state index is 14.6. The summed E-state index contributed by atoms with van der Waals surface area (Å²) in [5, 5.41) is 4.93. The Morgan fingerprint density at radius 2 is 2.08 bits per heavy atom. The van der Waals surface area contributed by atoms with E-state index in [4.69, 9.17) is 25.5 Å². The van der Waals surface area contributed by atoms with Gasteiger partial charge in [0.05, 0.1) is 48.6 Å². The van der Waals surface area contributed by atoms with Crippen LogP contribution in [0.2, 0.25) is 5.02 Å². The van der Waals surface area contributed by atoms with Gasteiger partial charge in [0.15, 0.2) is 12.2 Å². The second kappa shape index (κ2) is 10.7. The highest BCUT2D eigenvalue weighted by Crippen LogP contribution is 2.35. The van der Waals surface area contributed by atoms with Gasteiger partial charge in [0.25, 0.3) is 5.91 Å². The molecule has 0 aliphatic carbocycles. The zero-order valence-corrected chi connectivity index (χ0v) is 21.9. The quantitative estimate of drug-likeness (QED) is 0.270. The first-order valence-electron chi connectivity index (χ1n) is 12.4. The molecule has 40 heavy (non-hydrogen) atoms. The Kier molecular flexibility index (Phi) is 6.91. The lowest BCUT2D eigenvalue weighted by atomic mass is 9.98. The number of para-hydroxylation sites is 1. The molecule has 6 rings (SSSR count). The number of ether oxygens (including phenoxy) is 2. The number of pyridine rings is 1. The first-order chi connectivity index (χ1) is 19.4. The van der Waals surface area contributed by atoms with Crippen molar-refractivity contribution in [2.24, 2.45) is 0 Å². The van der Waals surface area contributed by atoms with E-state index >= 15 is 0 Å².